The predicted octanol–water partition coefficient (Wildman–Crippen LogP) is 3.81. The quantitative estimate of drug-likeness (QED) is 0.754. The molecule has 1 aromatic heterocycles. The van der Waals surface area contributed by atoms with Crippen LogP contribution >= 0.6 is 0 Å². The van der Waals surface area contributed by atoms with Gasteiger partial charge in [0.2, 0.25) is 0 Å². The Labute approximate surface area is 118 Å². The van der Waals surface area contributed by atoms with Gasteiger partial charge in [0.15, 0.2) is 0 Å². The lowest BCUT2D eigenvalue weighted by atomic mass is 10.00. The molecule has 20 heavy (non-hydrogen) atoms. The highest BCUT2D eigenvalue weighted by atomic mass is 16.3. The van der Waals surface area contributed by atoms with Gasteiger partial charge in [0, 0.05) is 24.6 Å². The average Bonchev–Trinajstić information content (AvgIpc) is 2.90. The predicted molar refractivity (Wildman–Crippen MR) is 81.0 cm³/mol. The summed E-state index contributed by atoms with van der Waals surface area (Å²) in [6.07, 6.45) is 4.62. The molecule has 1 heterocycles. The first kappa shape index (κ1) is 12.7. The van der Waals surface area contributed by atoms with E-state index in [0.717, 1.165) is 40.7 Å². The highest BCUT2D eigenvalue weighted by molar-refractivity contribution is 5.87. The minimum absolute atomic E-state index is 0.337. The van der Waals surface area contributed by atoms with Gasteiger partial charge in [-0.05, 0) is 23.3 Å². The first-order valence-corrected chi connectivity index (χ1v) is 7.00. The molecule has 0 spiro atoms. The minimum atomic E-state index is 0.337. The number of hydrogen-bond acceptors (Lipinski definition) is 2. The summed E-state index contributed by atoms with van der Waals surface area (Å²) in [7, 11) is 0. The fourth-order valence-corrected chi connectivity index (χ4v) is 2.55. The zero-order valence-corrected chi connectivity index (χ0v) is 11.6. The maximum Gasteiger partial charge on any atom is 0.119 e. The van der Waals surface area contributed by atoms with Gasteiger partial charge in [-0.15, -0.1) is 0 Å². The van der Waals surface area contributed by atoms with E-state index in [0.29, 0.717) is 12.2 Å². The smallest absolute Gasteiger partial charge is 0.119 e. The fraction of sp³-hybridized carbons (Fsp3) is 0.235. The van der Waals surface area contributed by atoms with E-state index < -0.39 is 0 Å². The van der Waals surface area contributed by atoms with E-state index in [1.165, 1.54) is 0 Å². The number of hydrogen-bond donors (Lipinski definition) is 2. The topological polar surface area (TPSA) is 48.9 Å². The second-order valence-corrected chi connectivity index (χ2v) is 5.05. The Morgan fingerprint density at radius 2 is 2.00 bits per heavy atom. The molecule has 0 radical (unpaired) electrons. The number of aromatic nitrogens is 2. The normalized spacial score (nSPS) is 11.1. The summed E-state index contributed by atoms with van der Waals surface area (Å²) in [4.78, 5) is 7.78. The van der Waals surface area contributed by atoms with Gasteiger partial charge in [-0.3, -0.25) is 0 Å². The van der Waals surface area contributed by atoms with Crippen LogP contribution in [0.4, 0.5) is 0 Å². The maximum atomic E-state index is 10.1. The van der Waals surface area contributed by atoms with Crippen LogP contribution in [0.5, 0.6) is 5.75 Å². The van der Waals surface area contributed by atoms with E-state index in [1.54, 1.807) is 6.07 Å². The van der Waals surface area contributed by atoms with Crippen LogP contribution in [0.3, 0.4) is 0 Å². The molecule has 0 atom stereocenters. The van der Waals surface area contributed by atoms with Crippen LogP contribution < -0.4 is 0 Å². The molecule has 3 rings (SSSR count). The first-order valence-electron chi connectivity index (χ1n) is 7.00. The van der Waals surface area contributed by atoms with Crippen molar-refractivity contribution < 1.29 is 5.11 Å². The first-order chi connectivity index (χ1) is 9.78. The molecule has 0 fully saturated rings. The summed E-state index contributed by atoms with van der Waals surface area (Å²) >= 11 is 0. The molecule has 0 bridgehead atoms. The average molecular weight is 266 g/mol. The Hall–Kier alpha value is -2.29. The van der Waals surface area contributed by atoms with Crippen LogP contribution in [0, 0.1) is 0 Å². The van der Waals surface area contributed by atoms with Gasteiger partial charge in [0.05, 0.1) is 5.69 Å². The number of aromatic hydroxyl groups is 1. The highest BCUT2D eigenvalue weighted by Gasteiger charge is 2.09. The van der Waals surface area contributed by atoms with Crippen molar-refractivity contribution in [3.8, 4) is 5.75 Å². The van der Waals surface area contributed by atoms with Crippen molar-refractivity contribution in [3.05, 3.63) is 59.7 Å². The Balaban J connectivity index is 1.98. The van der Waals surface area contributed by atoms with E-state index in [-0.39, 0.29) is 0 Å². The number of phenols is 1. The zero-order valence-electron chi connectivity index (χ0n) is 11.6. The molecule has 0 aliphatic carbocycles. The van der Waals surface area contributed by atoms with Crippen molar-refractivity contribution in [1.29, 1.82) is 0 Å². The van der Waals surface area contributed by atoms with Crippen LogP contribution in [-0.2, 0) is 12.8 Å². The van der Waals surface area contributed by atoms with Crippen molar-refractivity contribution in [2.24, 2.45) is 0 Å². The number of fused-ring (bicyclic) bond motifs is 1. The standard InChI is InChI=1S/C17H18N2O/c1-2-5-17-18-11-13(19-17)10-15-14-7-4-3-6-12(14)8-9-16(15)20/h3-4,6-9,11,20H,2,5,10H2,1H3,(H,18,19). The number of aryl methyl sites for hydroxylation is 1. The molecule has 0 aliphatic heterocycles. The number of aromatic amines is 1. The molecular weight excluding hydrogens is 248 g/mol. The molecule has 0 unspecified atom stereocenters. The maximum absolute atomic E-state index is 10.1. The highest BCUT2D eigenvalue weighted by Crippen LogP contribution is 2.28. The number of rotatable bonds is 4. The number of H-pyrrole nitrogens is 1. The van der Waals surface area contributed by atoms with Gasteiger partial charge >= 0.3 is 0 Å². The lowest BCUT2D eigenvalue weighted by molar-refractivity contribution is 0.470. The second kappa shape index (κ2) is 5.37. The van der Waals surface area contributed by atoms with E-state index in [2.05, 4.69) is 23.0 Å². The Kier molecular flexibility index (Phi) is 3.42. The fourth-order valence-electron chi connectivity index (χ4n) is 2.55. The van der Waals surface area contributed by atoms with Crippen molar-refractivity contribution in [3.63, 3.8) is 0 Å². The SMILES string of the molecule is CCCc1nc(Cc2c(O)ccc3ccccc23)c[nH]1. The molecular formula is C17H18N2O. The largest absolute Gasteiger partial charge is 0.508 e. The molecule has 2 N–H and O–H groups in total. The van der Waals surface area contributed by atoms with Crippen LogP contribution in [-0.4, -0.2) is 15.1 Å². The third-order valence-electron chi connectivity index (χ3n) is 3.54. The molecule has 0 aliphatic rings. The summed E-state index contributed by atoms with van der Waals surface area (Å²) in [5.41, 5.74) is 1.91. The van der Waals surface area contributed by atoms with Crippen LogP contribution in [0.2, 0.25) is 0 Å². The second-order valence-electron chi connectivity index (χ2n) is 5.05. The van der Waals surface area contributed by atoms with Crippen molar-refractivity contribution >= 4 is 10.8 Å². The minimum Gasteiger partial charge on any atom is -0.508 e. The molecule has 0 amide bonds. The van der Waals surface area contributed by atoms with Gasteiger partial charge in [0.25, 0.3) is 0 Å². The van der Waals surface area contributed by atoms with Gasteiger partial charge in [-0.1, -0.05) is 37.3 Å². The lowest BCUT2D eigenvalue weighted by Crippen LogP contribution is -1.92. The number of benzene rings is 2. The van der Waals surface area contributed by atoms with Crippen LogP contribution in [0.1, 0.15) is 30.4 Å². The van der Waals surface area contributed by atoms with Gasteiger partial charge in [-0.2, -0.15) is 0 Å². The van der Waals surface area contributed by atoms with Crippen molar-refractivity contribution in [1.82, 2.24) is 9.97 Å². The van der Waals surface area contributed by atoms with Crippen molar-refractivity contribution in [2.45, 2.75) is 26.2 Å². The Morgan fingerprint density at radius 1 is 1.15 bits per heavy atom. The summed E-state index contributed by atoms with van der Waals surface area (Å²) in [6.45, 7) is 2.14. The molecule has 3 heteroatoms. The van der Waals surface area contributed by atoms with Crippen molar-refractivity contribution in [2.75, 3.05) is 0 Å². The third-order valence-corrected chi connectivity index (χ3v) is 3.54. The van der Waals surface area contributed by atoms with Gasteiger partial charge in [0.1, 0.15) is 11.6 Å². The number of phenolic OH excluding ortho intramolecular Hbond substituents is 1. The van der Waals surface area contributed by atoms with Gasteiger partial charge in [-0.25, -0.2) is 4.98 Å². The Bertz CT molecular complexity index is 731. The molecule has 3 aromatic rings. The number of nitrogens with one attached hydrogen (secondary N) is 1. The van der Waals surface area contributed by atoms with E-state index in [4.69, 9.17) is 0 Å². The van der Waals surface area contributed by atoms with Crippen LogP contribution in [0.15, 0.2) is 42.6 Å². The summed E-state index contributed by atoms with van der Waals surface area (Å²) < 4.78 is 0. The number of nitrogens with zero attached hydrogens (tertiary/aromatic N) is 1. The van der Waals surface area contributed by atoms with E-state index in [1.807, 2.05) is 30.5 Å². The van der Waals surface area contributed by atoms with E-state index >= 15 is 0 Å². The van der Waals surface area contributed by atoms with E-state index in [9.17, 15) is 5.11 Å². The molecule has 102 valence electrons. The lowest BCUT2D eigenvalue weighted by Gasteiger charge is -2.07. The van der Waals surface area contributed by atoms with Gasteiger partial charge < -0.3 is 10.1 Å². The monoisotopic (exact) mass is 266 g/mol. The number of imidazole rings is 1. The molecule has 0 saturated carbocycles. The molecule has 3 nitrogen and oxygen atoms in total. The zero-order chi connectivity index (χ0) is 13.9. The summed E-state index contributed by atoms with van der Waals surface area (Å²) in [6, 6.07) is 11.8. The summed E-state index contributed by atoms with van der Waals surface area (Å²) in [5, 5.41) is 12.4. The van der Waals surface area contributed by atoms with Crippen LogP contribution in [0.25, 0.3) is 10.8 Å². The third kappa shape index (κ3) is 2.39. The Morgan fingerprint density at radius 3 is 2.85 bits per heavy atom. The molecule has 0 saturated heterocycles. The molecule has 2 aromatic carbocycles. The summed E-state index contributed by atoms with van der Waals surface area (Å²) in [5.74, 6) is 1.35.